The molecule has 1 fully saturated rings. The maximum absolute atomic E-state index is 12.2. The molecule has 0 radical (unpaired) electrons. The minimum absolute atomic E-state index is 0.109. The lowest BCUT2D eigenvalue weighted by atomic mass is 10.1. The van der Waals surface area contributed by atoms with E-state index in [4.69, 9.17) is 18.0 Å². The molecule has 0 aliphatic carbocycles. The molecule has 0 bridgehead atoms. The number of alkyl halides is 3. The van der Waals surface area contributed by atoms with Gasteiger partial charge in [0.25, 0.3) is 0 Å². The van der Waals surface area contributed by atoms with Gasteiger partial charge in [-0.2, -0.15) is 13.2 Å². The summed E-state index contributed by atoms with van der Waals surface area (Å²) in [6.07, 6.45) is -4.20. The van der Waals surface area contributed by atoms with Gasteiger partial charge in [0.15, 0.2) is 0 Å². The Balaban J connectivity index is 2.44. The lowest BCUT2D eigenvalue weighted by molar-refractivity contribution is -0.152. The van der Waals surface area contributed by atoms with Gasteiger partial charge in [-0.25, -0.2) is 0 Å². The molecule has 18 heavy (non-hydrogen) atoms. The van der Waals surface area contributed by atoms with Crippen LogP contribution >= 0.6 is 12.2 Å². The van der Waals surface area contributed by atoms with Crippen LogP contribution in [0.1, 0.15) is 6.92 Å². The second-order valence-corrected chi connectivity index (χ2v) is 4.81. The average molecular weight is 283 g/mol. The number of thiocarbonyl (C=S) groups is 1. The molecule has 1 rings (SSSR count). The van der Waals surface area contributed by atoms with Crippen molar-refractivity contribution >= 4 is 23.1 Å². The molecule has 0 saturated carbocycles. The maximum Gasteiger partial charge on any atom is 0.401 e. The summed E-state index contributed by atoms with van der Waals surface area (Å²) >= 11 is 4.73. The predicted octanol–water partition coefficient (Wildman–Crippen LogP) is 0.615. The van der Waals surface area contributed by atoms with Gasteiger partial charge in [-0.3, -0.25) is 9.69 Å². The van der Waals surface area contributed by atoms with Crippen molar-refractivity contribution < 1.29 is 18.0 Å². The van der Waals surface area contributed by atoms with Crippen molar-refractivity contribution in [2.24, 2.45) is 11.7 Å². The van der Waals surface area contributed by atoms with Crippen LogP contribution < -0.4 is 5.73 Å². The van der Waals surface area contributed by atoms with Gasteiger partial charge in [-0.05, 0) is 6.92 Å². The number of halogens is 3. The van der Waals surface area contributed by atoms with E-state index in [1.807, 2.05) is 0 Å². The summed E-state index contributed by atoms with van der Waals surface area (Å²) in [6, 6.07) is 0. The smallest absolute Gasteiger partial charge is 0.393 e. The summed E-state index contributed by atoms with van der Waals surface area (Å²) in [5, 5.41) is 0. The summed E-state index contributed by atoms with van der Waals surface area (Å²) in [4.78, 5) is 14.8. The van der Waals surface area contributed by atoms with Crippen LogP contribution in [0.4, 0.5) is 13.2 Å². The highest BCUT2D eigenvalue weighted by Gasteiger charge is 2.33. The first-order valence-electron chi connectivity index (χ1n) is 5.58. The second-order valence-electron chi connectivity index (χ2n) is 4.34. The molecule has 1 aliphatic rings. The monoisotopic (exact) mass is 283 g/mol. The van der Waals surface area contributed by atoms with E-state index in [2.05, 4.69) is 0 Å². The number of carbonyl (C=O) groups excluding carboxylic acids is 1. The number of amides is 1. The number of hydrogen-bond donors (Lipinski definition) is 1. The molecule has 2 N–H and O–H groups in total. The van der Waals surface area contributed by atoms with Gasteiger partial charge >= 0.3 is 6.18 Å². The lowest BCUT2D eigenvalue weighted by Gasteiger charge is -2.36. The Morgan fingerprint density at radius 3 is 2.22 bits per heavy atom. The first-order chi connectivity index (χ1) is 8.20. The fourth-order valence-corrected chi connectivity index (χ4v) is 1.88. The molecule has 1 amide bonds. The zero-order chi connectivity index (χ0) is 13.9. The van der Waals surface area contributed by atoms with Crippen LogP contribution in [0.3, 0.4) is 0 Å². The molecular formula is C10H16F3N3OS. The predicted molar refractivity (Wildman–Crippen MR) is 65.0 cm³/mol. The molecule has 1 atom stereocenters. The van der Waals surface area contributed by atoms with E-state index < -0.39 is 18.6 Å². The van der Waals surface area contributed by atoms with Crippen LogP contribution in [-0.4, -0.2) is 59.6 Å². The van der Waals surface area contributed by atoms with Crippen LogP contribution in [-0.2, 0) is 4.79 Å². The standard InChI is InChI=1S/C10H16F3N3OS/c1-7(8(14)18)9(17)16-4-2-15(3-5-16)6-10(11,12)13/h7H,2-6H2,1H3,(H2,14,18). The van der Waals surface area contributed by atoms with Crippen LogP contribution in [0.5, 0.6) is 0 Å². The number of piperazine rings is 1. The van der Waals surface area contributed by atoms with Gasteiger partial charge in [-0.15, -0.1) is 0 Å². The van der Waals surface area contributed by atoms with E-state index in [0.29, 0.717) is 0 Å². The molecule has 1 aliphatic heterocycles. The van der Waals surface area contributed by atoms with Crippen molar-refractivity contribution in [2.75, 3.05) is 32.7 Å². The van der Waals surface area contributed by atoms with Crippen LogP contribution in [0, 0.1) is 5.92 Å². The van der Waals surface area contributed by atoms with Crippen molar-refractivity contribution in [3.05, 3.63) is 0 Å². The molecule has 0 aromatic carbocycles. The summed E-state index contributed by atoms with van der Waals surface area (Å²) in [5.41, 5.74) is 5.38. The van der Waals surface area contributed by atoms with Crippen molar-refractivity contribution in [2.45, 2.75) is 13.1 Å². The molecular weight excluding hydrogens is 267 g/mol. The molecule has 0 aromatic heterocycles. The van der Waals surface area contributed by atoms with E-state index >= 15 is 0 Å². The molecule has 1 saturated heterocycles. The minimum atomic E-state index is -4.20. The molecule has 8 heteroatoms. The topological polar surface area (TPSA) is 49.6 Å². The third-order valence-corrected chi connectivity index (χ3v) is 3.24. The SMILES string of the molecule is CC(C(=O)N1CCN(CC(F)(F)F)CC1)C(N)=S. The number of nitrogens with two attached hydrogens (primary N) is 1. The molecule has 104 valence electrons. The largest absolute Gasteiger partial charge is 0.401 e. The molecule has 4 nitrogen and oxygen atoms in total. The van der Waals surface area contributed by atoms with Crippen molar-refractivity contribution in [1.29, 1.82) is 0 Å². The van der Waals surface area contributed by atoms with E-state index in [9.17, 15) is 18.0 Å². The van der Waals surface area contributed by atoms with Crippen LogP contribution in [0.2, 0.25) is 0 Å². The Morgan fingerprint density at radius 1 is 1.33 bits per heavy atom. The molecule has 0 spiro atoms. The highest BCUT2D eigenvalue weighted by molar-refractivity contribution is 7.80. The van der Waals surface area contributed by atoms with Gasteiger partial charge in [-0.1, -0.05) is 12.2 Å². The quantitative estimate of drug-likeness (QED) is 0.771. The lowest BCUT2D eigenvalue weighted by Crippen LogP contribution is -2.52. The van der Waals surface area contributed by atoms with E-state index in [1.165, 1.54) is 9.80 Å². The van der Waals surface area contributed by atoms with E-state index in [1.54, 1.807) is 6.92 Å². The van der Waals surface area contributed by atoms with Crippen molar-refractivity contribution in [3.8, 4) is 0 Å². The maximum atomic E-state index is 12.2. The first kappa shape index (κ1) is 15.2. The highest BCUT2D eigenvalue weighted by atomic mass is 32.1. The fraction of sp³-hybridized carbons (Fsp3) is 0.800. The zero-order valence-electron chi connectivity index (χ0n) is 10.0. The number of carbonyl (C=O) groups is 1. The van der Waals surface area contributed by atoms with Gasteiger partial charge in [0.2, 0.25) is 5.91 Å². The summed E-state index contributed by atoms with van der Waals surface area (Å²) in [6.45, 7) is 1.67. The average Bonchev–Trinajstić information content (AvgIpc) is 2.26. The Kier molecular flexibility index (Phi) is 4.92. The zero-order valence-corrected chi connectivity index (χ0v) is 10.9. The summed E-state index contributed by atoms with van der Waals surface area (Å²) < 4.78 is 36.5. The second kappa shape index (κ2) is 5.83. The highest BCUT2D eigenvalue weighted by Crippen LogP contribution is 2.18. The van der Waals surface area contributed by atoms with Crippen molar-refractivity contribution in [1.82, 2.24) is 9.80 Å². The Labute approximate surface area is 109 Å². The van der Waals surface area contributed by atoms with Crippen LogP contribution in [0.15, 0.2) is 0 Å². The molecule has 1 heterocycles. The van der Waals surface area contributed by atoms with Gasteiger partial charge in [0.1, 0.15) is 0 Å². The Morgan fingerprint density at radius 2 is 1.83 bits per heavy atom. The van der Waals surface area contributed by atoms with E-state index in [0.717, 1.165) is 0 Å². The normalized spacial score (nSPS) is 19.7. The van der Waals surface area contributed by atoms with Gasteiger partial charge < -0.3 is 10.6 Å². The number of hydrogen-bond acceptors (Lipinski definition) is 3. The van der Waals surface area contributed by atoms with Crippen molar-refractivity contribution in [3.63, 3.8) is 0 Å². The number of nitrogens with zero attached hydrogens (tertiary/aromatic N) is 2. The third kappa shape index (κ3) is 4.41. The first-order valence-corrected chi connectivity index (χ1v) is 5.99. The van der Waals surface area contributed by atoms with Crippen LogP contribution in [0.25, 0.3) is 0 Å². The summed E-state index contributed by atoms with van der Waals surface area (Å²) in [7, 11) is 0. The van der Waals surface area contributed by atoms with Gasteiger partial charge in [0.05, 0.1) is 17.5 Å². The fourth-order valence-electron chi connectivity index (χ4n) is 1.78. The minimum Gasteiger partial charge on any atom is -0.393 e. The molecule has 0 aromatic rings. The van der Waals surface area contributed by atoms with E-state index in [-0.39, 0.29) is 37.1 Å². The van der Waals surface area contributed by atoms with Gasteiger partial charge in [0, 0.05) is 26.2 Å². The Bertz CT molecular complexity index is 327. The molecule has 1 unspecified atom stereocenters. The third-order valence-electron chi connectivity index (χ3n) is 2.88. The Hall–Kier alpha value is -0.890. The number of rotatable bonds is 3. The summed E-state index contributed by atoms with van der Waals surface area (Å²) in [5.74, 6) is -0.775.